The van der Waals surface area contributed by atoms with Crippen LogP contribution in [0.25, 0.3) is 0 Å². The van der Waals surface area contributed by atoms with Crippen molar-refractivity contribution >= 4 is 34.9 Å². The molecule has 1 N–H and O–H groups in total. The summed E-state index contributed by atoms with van der Waals surface area (Å²) >= 11 is 7.08. The highest BCUT2D eigenvalue weighted by Crippen LogP contribution is 2.25. The van der Waals surface area contributed by atoms with E-state index in [-0.39, 0.29) is 18.1 Å². The Balaban J connectivity index is 1.91. The fourth-order valence-corrected chi connectivity index (χ4v) is 3.41. The van der Waals surface area contributed by atoms with Crippen LogP contribution in [0.1, 0.15) is 27.7 Å². The second-order valence-corrected chi connectivity index (χ2v) is 7.24. The second kappa shape index (κ2) is 9.95. The molecule has 0 aliphatic rings. The molecule has 148 valence electrons. The van der Waals surface area contributed by atoms with E-state index in [1.807, 2.05) is 30.3 Å². The van der Waals surface area contributed by atoms with Crippen LogP contribution in [0, 0.1) is 0 Å². The summed E-state index contributed by atoms with van der Waals surface area (Å²) in [6.45, 7) is 4.24. The maximum atomic E-state index is 13.2. The van der Waals surface area contributed by atoms with Crippen LogP contribution < -0.4 is 5.32 Å². The lowest BCUT2D eigenvalue weighted by Crippen LogP contribution is -2.43. The quantitative estimate of drug-likeness (QED) is 0.554. The topological polar surface area (TPSA) is 75.2 Å². The van der Waals surface area contributed by atoms with Crippen molar-refractivity contribution in [1.29, 1.82) is 0 Å². The normalized spacial score (nSPS) is 11.5. The molecule has 8 heteroatoms. The van der Waals surface area contributed by atoms with Crippen molar-refractivity contribution in [3.8, 4) is 0 Å². The second-order valence-electron chi connectivity index (χ2n) is 6.19. The fourth-order valence-electron chi connectivity index (χ4n) is 2.85. The van der Waals surface area contributed by atoms with Gasteiger partial charge in [-0.15, -0.1) is 11.7 Å². The summed E-state index contributed by atoms with van der Waals surface area (Å²) in [7, 11) is 0. The van der Waals surface area contributed by atoms with Crippen molar-refractivity contribution in [2.75, 3.05) is 6.54 Å². The maximum Gasteiger partial charge on any atom is 0.276 e. The molecule has 0 unspecified atom stereocenters. The Hall–Kier alpha value is -3.03. The van der Waals surface area contributed by atoms with Crippen molar-refractivity contribution in [1.82, 2.24) is 19.8 Å². The van der Waals surface area contributed by atoms with Gasteiger partial charge >= 0.3 is 0 Å². The number of carbonyl (C=O) groups is 2. The average Bonchev–Trinajstić information content (AvgIpc) is 3.28. The van der Waals surface area contributed by atoms with E-state index in [1.165, 1.54) is 4.90 Å². The summed E-state index contributed by atoms with van der Waals surface area (Å²) in [5.41, 5.74) is 1.78. The average molecular weight is 427 g/mol. The molecular formula is C21H19ClN4O2S. The Kier molecular flexibility index (Phi) is 7.10. The number of halogens is 1. The maximum absolute atomic E-state index is 13.2. The first-order chi connectivity index (χ1) is 14.1. The lowest BCUT2D eigenvalue weighted by atomic mass is 10.0. The molecular weight excluding hydrogens is 408 g/mol. The molecule has 3 aromatic rings. The summed E-state index contributed by atoms with van der Waals surface area (Å²) in [6.07, 6.45) is 1.57. The number of aromatic nitrogens is 2. The number of benzene rings is 2. The zero-order chi connectivity index (χ0) is 20.6. The van der Waals surface area contributed by atoms with Crippen LogP contribution in [0.15, 0.2) is 72.6 Å². The van der Waals surface area contributed by atoms with Crippen molar-refractivity contribution in [3.05, 3.63) is 94.5 Å². The molecule has 0 fully saturated rings. The number of nitrogens with one attached hydrogen (secondary N) is 1. The van der Waals surface area contributed by atoms with Gasteiger partial charge in [-0.05, 0) is 34.8 Å². The molecule has 6 nitrogen and oxygen atoms in total. The third-order valence-electron chi connectivity index (χ3n) is 4.22. The zero-order valence-electron chi connectivity index (χ0n) is 15.5. The number of rotatable bonds is 8. The molecule has 0 spiro atoms. The van der Waals surface area contributed by atoms with Crippen LogP contribution in [-0.2, 0) is 11.3 Å². The van der Waals surface area contributed by atoms with Gasteiger partial charge in [0.05, 0.1) is 0 Å². The van der Waals surface area contributed by atoms with Gasteiger partial charge in [-0.3, -0.25) is 9.59 Å². The molecule has 0 bridgehead atoms. The molecule has 1 atom stereocenters. The molecule has 0 radical (unpaired) electrons. The monoisotopic (exact) mass is 426 g/mol. The summed E-state index contributed by atoms with van der Waals surface area (Å²) < 4.78 is 3.75. The molecule has 2 aromatic carbocycles. The lowest BCUT2D eigenvalue weighted by molar-refractivity contribution is -0.126. The summed E-state index contributed by atoms with van der Waals surface area (Å²) in [5.74, 6) is -0.706. The van der Waals surface area contributed by atoms with Gasteiger partial charge in [0.1, 0.15) is 6.04 Å². The molecule has 1 heterocycles. The molecule has 2 amide bonds. The number of hydrogen-bond acceptors (Lipinski definition) is 5. The van der Waals surface area contributed by atoms with E-state index >= 15 is 0 Å². The minimum atomic E-state index is -0.872. The van der Waals surface area contributed by atoms with Gasteiger partial charge < -0.3 is 10.2 Å². The van der Waals surface area contributed by atoms with Gasteiger partial charge in [0.2, 0.25) is 5.91 Å². The Morgan fingerprint density at radius 3 is 2.52 bits per heavy atom. The van der Waals surface area contributed by atoms with Crippen LogP contribution in [-0.4, -0.2) is 32.8 Å². The predicted octanol–water partition coefficient (Wildman–Crippen LogP) is 3.88. The smallest absolute Gasteiger partial charge is 0.276 e. The van der Waals surface area contributed by atoms with E-state index in [4.69, 9.17) is 11.6 Å². The SMILES string of the molecule is C=CCN(C(=O)c1csnn1)[C@H](C(=O)NCc1ccccc1)c1ccc(Cl)cc1. The molecule has 1 aromatic heterocycles. The first kappa shape index (κ1) is 20.7. The van der Waals surface area contributed by atoms with Crippen LogP contribution >= 0.6 is 23.1 Å². The van der Waals surface area contributed by atoms with Gasteiger partial charge in [0.25, 0.3) is 5.91 Å². The summed E-state index contributed by atoms with van der Waals surface area (Å²) in [5, 5.41) is 8.87. The van der Waals surface area contributed by atoms with Crippen LogP contribution in [0.5, 0.6) is 0 Å². The summed E-state index contributed by atoms with van der Waals surface area (Å²) in [6, 6.07) is 15.5. The Morgan fingerprint density at radius 1 is 1.17 bits per heavy atom. The van der Waals surface area contributed by atoms with Crippen LogP contribution in [0.2, 0.25) is 5.02 Å². The number of carbonyl (C=O) groups excluding carboxylic acids is 2. The van der Waals surface area contributed by atoms with Gasteiger partial charge in [0.15, 0.2) is 5.69 Å². The van der Waals surface area contributed by atoms with Gasteiger partial charge in [0, 0.05) is 23.5 Å². The Morgan fingerprint density at radius 2 is 1.90 bits per heavy atom. The highest BCUT2D eigenvalue weighted by atomic mass is 35.5. The number of hydrogen-bond donors (Lipinski definition) is 1. The first-order valence-electron chi connectivity index (χ1n) is 8.86. The minimum Gasteiger partial charge on any atom is -0.350 e. The summed E-state index contributed by atoms with van der Waals surface area (Å²) in [4.78, 5) is 27.6. The van der Waals surface area contributed by atoms with Gasteiger partial charge in [-0.1, -0.05) is 64.6 Å². The third kappa shape index (κ3) is 5.28. The Bertz CT molecular complexity index is 962. The van der Waals surface area contributed by atoms with E-state index in [0.29, 0.717) is 17.1 Å². The molecule has 0 aliphatic carbocycles. The minimum absolute atomic E-state index is 0.169. The first-order valence-corrected chi connectivity index (χ1v) is 10.1. The van der Waals surface area contributed by atoms with Crippen molar-refractivity contribution in [2.24, 2.45) is 0 Å². The molecule has 29 heavy (non-hydrogen) atoms. The van der Waals surface area contributed by atoms with Crippen molar-refractivity contribution < 1.29 is 9.59 Å². The van der Waals surface area contributed by atoms with E-state index in [1.54, 1.807) is 35.7 Å². The predicted molar refractivity (Wildman–Crippen MR) is 114 cm³/mol. The van der Waals surface area contributed by atoms with Crippen molar-refractivity contribution in [3.63, 3.8) is 0 Å². The van der Waals surface area contributed by atoms with Crippen LogP contribution in [0.4, 0.5) is 0 Å². The van der Waals surface area contributed by atoms with Gasteiger partial charge in [-0.25, -0.2) is 0 Å². The van der Waals surface area contributed by atoms with Gasteiger partial charge in [-0.2, -0.15) is 0 Å². The zero-order valence-corrected chi connectivity index (χ0v) is 17.1. The Labute approximate surface area is 178 Å². The third-order valence-corrected chi connectivity index (χ3v) is 4.98. The largest absolute Gasteiger partial charge is 0.350 e. The number of amides is 2. The highest BCUT2D eigenvalue weighted by molar-refractivity contribution is 7.03. The van der Waals surface area contributed by atoms with Crippen LogP contribution in [0.3, 0.4) is 0 Å². The lowest BCUT2D eigenvalue weighted by Gasteiger charge is -2.30. The molecule has 3 rings (SSSR count). The highest BCUT2D eigenvalue weighted by Gasteiger charge is 2.32. The van der Waals surface area contributed by atoms with Crippen molar-refractivity contribution in [2.45, 2.75) is 12.6 Å². The molecule has 0 saturated carbocycles. The molecule has 0 saturated heterocycles. The fraction of sp³-hybridized carbons (Fsp3) is 0.143. The van der Waals surface area contributed by atoms with E-state index in [2.05, 4.69) is 21.5 Å². The van der Waals surface area contributed by atoms with E-state index in [9.17, 15) is 9.59 Å². The number of nitrogens with zero attached hydrogens (tertiary/aromatic N) is 3. The van der Waals surface area contributed by atoms with E-state index < -0.39 is 11.9 Å². The molecule has 0 aliphatic heterocycles. The van der Waals surface area contributed by atoms with E-state index in [0.717, 1.165) is 17.1 Å². The standard InChI is InChI=1S/C21H19ClN4O2S/c1-2-12-26(21(28)18-14-29-25-24-18)19(16-8-10-17(22)11-9-16)20(27)23-13-15-6-4-3-5-7-15/h2-11,14,19H,1,12-13H2,(H,23,27)/t19-/m0/s1.